The Kier molecular flexibility index (Phi) is 1.08. The molecule has 3 atom stereocenters. The molecule has 52 valence electrons. The third-order valence-electron chi connectivity index (χ3n) is 1.96. The summed E-state index contributed by atoms with van der Waals surface area (Å²) in [7, 11) is 0. The number of fused-ring (bicyclic) bond motifs is 2. The van der Waals surface area contributed by atoms with Crippen molar-refractivity contribution >= 4 is 11.6 Å². The summed E-state index contributed by atoms with van der Waals surface area (Å²) in [6.45, 7) is 0. The molecule has 10 heavy (non-hydrogen) atoms. The highest BCUT2D eigenvalue weighted by atomic mass is 35.5. The van der Waals surface area contributed by atoms with Gasteiger partial charge < -0.3 is 4.74 Å². The minimum atomic E-state index is -0.778. The first-order chi connectivity index (χ1) is 4.74. The fourth-order valence-corrected chi connectivity index (χ4v) is 1.67. The Bertz CT molecular complexity index is 232. The fourth-order valence-electron chi connectivity index (χ4n) is 1.40. The van der Waals surface area contributed by atoms with E-state index in [1.165, 1.54) is 0 Å². The van der Waals surface area contributed by atoms with Gasteiger partial charge in [0.1, 0.15) is 6.10 Å². The summed E-state index contributed by atoms with van der Waals surface area (Å²) < 4.78 is 5.31. The summed E-state index contributed by atoms with van der Waals surface area (Å²) in [6.07, 6.45) is 4.37. The average molecular weight is 156 g/mol. The van der Waals surface area contributed by atoms with Crippen molar-refractivity contribution in [3.05, 3.63) is 12.2 Å². The van der Waals surface area contributed by atoms with E-state index in [0.717, 1.165) is 0 Å². The zero-order valence-corrected chi connectivity index (χ0v) is 6.01. The molecule has 2 aliphatic rings. The van der Waals surface area contributed by atoms with Crippen LogP contribution in [0.3, 0.4) is 0 Å². The Balaban J connectivity index is 2.33. The van der Waals surface area contributed by atoms with E-state index >= 15 is 0 Å². The Morgan fingerprint density at radius 3 is 2.80 bits per heavy atom. The maximum Gasteiger partial charge on any atom is 0.163 e. The first-order valence-electron chi connectivity index (χ1n) is 3.18. The molecule has 1 saturated heterocycles. The second kappa shape index (κ2) is 1.75. The van der Waals surface area contributed by atoms with Crippen molar-refractivity contribution < 1.29 is 4.74 Å². The van der Waals surface area contributed by atoms with E-state index in [1.54, 1.807) is 0 Å². The number of hydrogen-bond acceptors (Lipinski definition) is 2. The molecule has 0 aromatic rings. The van der Waals surface area contributed by atoms with Crippen molar-refractivity contribution in [3.8, 4) is 6.07 Å². The molecule has 3 heteroatoms. The van der Waals surface area contributed by atoms with Gasteiger partial charge in [-0.15, -0.1) is 0 Å². The molecule has 2 heterocycles. The normalized spacial score (nSPS) is 49.6. The number of hydrogen-bond donors (Lipinski definition) is 0. The summed E-state index contributed by atoms with van der Waals surface area (Å²) >= 11 is 5.91. The first kappa shape index (κ1) is 6.21. The second-order valence-corrected chi connectivity index (χ2v) is 3.33. The molecule has 2 nitrogen and oxygen atoms in total. The third-order valence-corrected chi connectivity index (χ3v) is 2.41. The molecule has 0 unspecified atom stereocenters. The van der Waals surface area contributed by atoms with Crippen molar-refractivity contribution in [1.82, 2.24) is 0 Å². The lowest BCUT2D eigenvalue weighted by Crippen LogP contribution is -2.29. The van der Waals surface area contributed by atoms with E-state index < -0.39 is 4.87 Å². The lowest BCUT2D eigenvalue weighted by Gasteiger charge is -2.15. The van der Waals surface area contributed by atoms with Crippen LogP contribution in [0.2, 0.25) is 0 Å². The molecule has 0 aromatic heterocycles. The molecule has 2 bridgehead atoms. The van der Waals surface area contributed by atoms with Crippen LogP contribution in [0.4, 0.5) is 0 Å². The van der Waals surface area contributed by atoms with Crippen molar-refractivity contribution in [2.45, 2.75) is 23.5 Å². The number of nitriles is 1. The SMILES string of the molecule is N#C[C@]1(Cl)C[C@H]2C=C[C@@H]1O2. The lowest BCUT2D eigenvalue weighted by atomic mass is 9.95. The van der Waals surface area contributed by atoms with E-state index in [-0.39, 0.29) is 12.2 Å². The molecular formula is C7H6ClNO. The standard InChI is InChI=1S/C7H6ClNO/c8-7(4-9)3-5-1-2-6(7)10-5/h1-2,5-6H,3H2/t5-,6+,7-/m1/s1. The molecule has 0 saturated carbocycles. The maximum atomic E-state index is 8.65. The van der Waals surface area contributed by atoms with Crippen molar-refractivity contribution in [1.29, 1.82) is 5.26 Å². The smallest absolute Gasteiger partial charge is 0.163 e. The van der Waals surface area contributed by atoms with E-state index in [0.29, 0.717) is 6.42 Å². The summed E-state index contributed by atoms with van der Waals surface area (Å²) in [5.74, 6) is 0. The highest BCUT2D eigenvalue weighted by molar-refractivity contribution is 6.26. The molecule has 0 aliphatic carbocycles. The minimum Gasteiger partial charge on any atom is -0.364 e. The number of nitrogens with zero attached hydrogens (tertiary/aromatic N) is 1. The van der Waals surface area contributed by atoms with Gasteiger partial charge in [0, 0.05) is 6.42 Å². The molecule has 1 fully saturated rings. The minimum absolute atomic E-state index is 0.0853. The van der Waals surface area contributed by atoms with E-state index in [1.807, 2.05) is 12.2 Å². The largest absolute Gasteiger partial charge is 0.364 e. The summed E-state index contributed by atoms with van der Waals surface area (Å²) in [5, 5.41) is 8.65. The predicted molar refractivity (Wildman–Crippen MR) is 36.6 cm³/mol. The van der Waals surface area contributed by atoms with Crippen molar-refractivity contribution in [2.24, 2.45) is 0 Å². The second-order valence-electron chi connectivity index (χ2n) is 2.66. The number of ether oxygens (including phenoxy) is 1. The Morgan fingerprint density at radius 1 is 1.70 bits per heavy atom. The van der Waals surface area contributed by atoms with Gasteiger partial charge in [-0.25, -0.2) is 0 Å². The molecule has 0 radical (unpaired) electrons. The molecule has 2 rings (SSSR count). The van der Waals surface area contributed by atoms with Crippen LogP contribution in [0.15, 0.2) is 12.2 Å². The topological polar surface area (TPSA) is 33.0 Å². The van der Waals surface area contributed by atoms with Gasteiger partial charge in [-0.1, -0.05) is 23.8 Å². The quantitative estimate of drug-likeness (QED) is 0.389. The Hall–Kier alpha value is -0.520. The van der Waals surface area contributed by atoms with Crippen molar-refractivity contribution in [2.75, 3.05) is 0 Å². The van der Waals surface area contributed by atoms with Crippen LogP contribution >= 0.6 is 11.6 Å². The molecule has 0 aromatic carbocycles. The van der Waals surface area contributed by atoms with Gasteiger partial charge in [0.05, 0.1) is 12.2 Å². The van der Waals surface area contributed by atoms with Crippen LogP contribution in [0.5, 0.6) is 0 Å². The van der Waals surface area contributed by atoms with Gasteiger partial charge in [-0.05, 0) is 0 Å². The number of halogens is 1. The van der Waals surface area contributed by atoms with Gasteiger partial charge in [0.25, 0.3) is 0 Å². The third kappa shape index (κ3) is 0.622. The Labute approximate surface area is 64.0 Å². The molecule has 0 amide bonds. The summed E-state index contributed by atoms with van der Waals surface area (Å²) in [5.41, 5.74) is 0. The van der Waals surface area contributed by atoms with Gasteiger partial charge in [0.15, 0.2) is 4.87 Å². The maximum absolute atomic E-state index is 8.65. The Morgan fingerprint density at radius 2 is 2.50 bits per heavy atom. The van der Waals surface area contributed by atoms with Crippen LogP contribution in [0.1, 0.15) is 6.42 Å². The van der Waals surface area contributed by atoms with Gasteiger partial charge in [-0.2, -0.15) is 5.26 Å². The van der Waals surface area contributed by atoms with Gasteiger partial charge >= 0.3 is 0 Å². The van der Waals surface area contributed by atoms with Crippen LogP contribution in [0.25, 0.3) is 0 Å². The first-order valence-corrected chi connectivity index (χ1v) is 3.56. The number of alkyl halides is 1. The zero-order valence-electron chi connectivity index (χ0n) is 5.25. The lowest BCUT2D eigenvalue weighted by molar-refractivity contribution is 0.117. The zero-order chi connectivity index (χ0) is 7.19. The molecule has 0 N–H and O–H groups in total. The van der Waals surface area contributed by atoms with Crippen LogP contribution in [-0.2, 0) is 4.74 Å². The number of rotatable bonds is 0. The molecule has 0 spiro atoms. The summed E-state index contributed by atoms with van der Waals surface area (Å²) in [6, 6.07) is 2.06. The monoisotopic (exact) mass is 155 g/mol. The van der Waals surface area contributed by atoms with Crippen LogP contribution < -0.4 is 0 Å². The van der Waals surface area contributed by atoms with Crippen LogP contribution in [0, 0.1) is 11.3 Å². The van der Waals surface area contributed by atoms with E-state index in [9.17, 15) is 0 Å². The highest BCUT2D eigenvalue weighted by Gasteiger charge is 2.49. The average Bonchev–Trinajstić information content (AvgIpc) is 2.46. The van der Waals surface area contributed by atoms with Gasteiger partial charge in [-0.3, -0.25) is 0 Å². The highest BCUT2D eigenvalue weighted by Crippen LogP contribution is 2.41. The summed E-state index contributed by atoms with van der Waals surface area (Å²) in [4.78, 5) is -0.778. The van der Waals surface area contributed by atoms with Crippen molar-refractivity contribution in [3.63, 3.8) is 0 Å². The van der Waals surface area contributed by atoms with Gasteiger partial charge in [0.2, 0.25) is 0 Å². The van der Waals surface area contributed by atoms with E-state index in [4.69, 9.17) is 21.6 Å². The fraction of sp³-hybridized carbons (Fsp3) is 0.571. The molecular weight excluding hydrogens is 150 g/mol. The van der Waals surface area contributed by atoms with Crippen LogP contribution in [-0.4, -0.2) is 17.1 Å². The van der Waals surface area contributed by atoms with E-state index in [2.05, 4.69) is 6.07 Å². The predicted octanol–water partition coefficient (Wildman–Crippen LogP) is 1.21. The molecule has 2 aliphatic heterocycles.